The molecule has 1 amide bonds. The lowest BCUT2D eigenvalue weighted by atomic mass is 10.1. The zero-order valence-electron chi connectivity index (χ0n) is 4.41. The summed E-state index contributed by atoms with van der Waals surface area (Å²) in [7, 11) is 1.37. The van der Waals surface area contributed by atoms with Crippen molar-refractivity contribution >= 4 is 19.5 Å². The average molecular weight is 97.9 g/mol. The molecule has 0 bridgehead atoms. The van der Waals surface area contributed by atoms with Crippen LogP contribution in [0.15, 0.2) is 0 Å². The van der Waals surface area contributed by atoms with Crippen LogP contribution < -0.4 is 5.32 Å². The van der Waals surface area contributed by atoms with Gasteiger partial charge in [0, 0.05) is 0 Å². The molecule has 0 aromatic heterocycles. The summed E-state index contributed by atoms with van der Waals surface area (Å²) in [5, 5.41) is 8.94. The van der Waals surface area contributed by atoms with Gasteiger partial charge in [0.1, 0.15) is 0 Å². The molecule has 0 aliphatic carbocycles. The van der Waals surface area contributed by atoms with Gasteiger partial charge in [-0.3, -0.25) is 10.2 Å². The molecule has 0 heterocycles. The van der Waals surface area contributed by atoms with E-state index in [0.29, 0.717) is 0 Å². The molecule has 2 N–H and O–H groups in total. The highest BCUT2D eigenvalue weighted by molar-refractivity contribution is 6.58. The minimum Gasteiger partial charge on any atom is -0.324 e. The number of carbonyl (C=O) groups is 1. The average Bonchev–Trinajstić information content (AvgIpc) is 1.27. The first-order valence-corrected chi connectivity index (χ1v) is 1.95. The second-order valence-electron chi connectivity index (χ2n) is 1.31. The van der Waals surface area contributed by atoms with Gasteiger partial charge in [0.2, 0.25) is 7.85 Å². The second kappa shape index (κ2) is 2.39. The van der Waals surface area contributed by atoms with Gasteiger partial charge in [-0.1, -0.05) is 0 Å². The quantitative estimate of drug-likeness (QED) is 0.235. The van der Waals surface area contributed by atoms with E-state index < -0.39 is 0 Å². The van der Waals surface area contributed by atoms with Gasteiger partial charge in [0.05, 0.1) is 5.84 Å². The van der Waals surface area contributed by atoms with Crippen LogP contribution in [0.4, 0.5) is 4.79 Å². The molecule has 38 valence electrons. The van der Waals surface area contributed by atoms with Crippen molar-refractivity contribution in [2.75, 3.05) is 0 Å². The summed E-state index contributed by atoms with van der Waals surface area (Å²) in [5.41, 5.74) is 0. The first kappa shape index (κ1) is 6.20. The molecule has 0 aromatic rings. The van der Waals surface area contributed by atoms with Crippen molar-refractivity contribution in [3.05, 3.63) is 0 Å². The molecule has 4 heteroatoms. The minimum atomic E-state index is -0.187. The van der Waals surface area contributed by atoms with Crippen molar-refractivity contribution in [3.8, 4) is 0 Å². The summed E-state index contributed by atoms with van der Waals surface area (Å²) < 4.78 is 0. The van der Waals surface area contributed by atoms with Gasteiger partial charge < -0.3 is 5.32 Å². The highest BCUT2D eigenvalue weighted by atomic mass is 16.1. The molecular formula is C3H7BN2O. The lowest BCUT2D eigenvalue weighted by Crippen LogP contribution is -2.25. The molecule has 0 saturated carbocycles. The van der Waals surface area contributed by atoms with Gasteiger partial charge in [-0.15, -0.1) is 0 Å². The molecular weight excluding hydrogens is 90.9 g/mol. The van der Waals surface area contributed by atoms with Crippen molar-refractivity contribution in [1.29, 1.82) is 5.41 Å². The fourth-order valence-corrected chi connectivity index (χ4v) is 0.264. The van der Waals surface area contributed by atoms with Gasteiger partial charge in [-0.25, -0.2) is 0 Å². The first-order valence-electron chi connectivity index (χ1n) is 1.95. The van der Waals surface area contributed by atoms with E-state index in [1.807, 2.05) is 0 Å². The van der Waals surface area contributed by atoms with E-state index >= 15 is 0 Å². The molecule has 7 heavy (non-hydrogen) atoms. The molecule has 0 spiro atoms. The van der Waals surface area contributed by atoms with Gasteiger partial charge in [-0.2, -0.15) is 0 Å². The van der Waals surface area contributed by atoms with Crippen LogP contribution in [-0.4, -0.2) is 19.5 Å². The Balaban J connectivity index is 3.32. The Kier molecular flexibility index (Phi) is 2.12. The summed E-state index contributed by atoms with van der Waals surface area (Å²) >= 11 is 0. The Morgan fingerprint density at radius 1 is 1.86 bits per heavy atom. The van der Waals surface area contributed by atoms with E-state index in [1.54, 1.807) is 0 Å². The lowest BCUT2D eigenvalue weighted by molar-refractivity contribution is 0.263. The summed E-state index contributed by atoms with van der Waals surface area (Å²) in [6.45, 7) is 1.52. The molecule has 0 aliphatic rings. The van der Waals surface area contributed by atoms with E-state index in [4.69, 9.17) is 5.41 Å². The van der Waals surface area contributed by atoms with Gasteiger partial charge >= 0.3 is 0 Å². The van der Waals surface area contributed by atoms with Crippen LogP contribution in [0.5, 0.6) is 0 Å². The van der Waals surface area contributed by atoms with Crippen LogP contribution in [0.1, 0.15) is 6.92 Å². The summed E-state index contributed by atoms with van der Waals surface area (Å²) in [6.07, 6.45) is 0. The topological polar surface area (TPSA) is 53.0 Å². The van der Waals surface area contributed by atoms with Crippen LogP contribution in [0.25, 0.3) is 0 Å². The van der Waals surface area contributed by atoms with Crippen molar-refractivity contribution in [1.82, 2.24) is 5.32 Å². The predicted octanol–water partition coefficient (Wildman–Crippen LogP) is -0.674. The molecule has 0 radical (unpaired) electrons. The Bertz CT molecular complexity index is 89.1. The van der Waals surface area contributed by atoms with Gasteiger partial charge in [0.15, 0.2) is 5.81 Å². The largest absolute Gasteiger partial charge is 0.324 e. The molecule has 0 aliphatic heterocycles. The van der Waals surface area contributed by atoms with E-state index in [-0.39, 0.29) is 11.6 Å². The Morgan fingerprint density at radius 2 is 2.29 bits per heavy atom. The van der Waals surface area contributed by atoms with Gasteiger partial charge in [-0.05, 0) is 6.92 Å². The van der Waals surface area contributed by atoms with Crippen molar-refractivity contribution in [2.24, 2.45) is 0 Å². The summed E-state index contributed by atoms with van der Waals surface area (Å²) in [5.74, 6) is 0.000000000000000666. The monoisotopic (exact) mass is 98.1 g/mol. The van der Waals surface area contributed by atoms with Crippen molar-refractivity contribution in [2.45, 2.75) is 6.92 Å². The maximum absolute atomic E-state index is 10.0. The number of amidine groups is 1. The molecule has 0 saturated heterocycles. The zero-order valence-corrected chi connectivity index (χ0v) is 4.41. The lowest BCUT2D eigenvalue weighted by Gasteiger charge is -1.92. The van der Waals surface area contributed by atoms with Crippen LogP contribution >= 0.6 is 0 Å². The van der Waals surface area contributed by atoms with E-state index in [1.165, 1.54) is 14.8 Å². The molecule has 0 aromatic carbocycles. The number of amides is 1. The SMILES string of the molecule is BC(=O)NC(C)=N. The van der Waals surface area contributed by atoms with E-state index in [0.717, 1.165) is 0 Å². The standard InChI is InChI=1S/C3H7BN2O/c1-2(5)6-3(4)7/h4H2,1H3,(H2,5,6,7). The molecule has 3 nitrogen and oxygen atoms in total. The fraction of sp³-hybridized carbons (Fsp3) is 0.333. The number of carbonyl (C=O) groups excluding carboxylic acids is 1. The third kappa shape index (κ3) is 5.20. The molecule has 0 unspecified atom stereocenters. The Labute approximate surface area is 43.0 Å². The number of hydrogen-bond donors (Lipinski definition) is 2. The summed E-state index contributed by atoms with van der Waals surface area (Å²) in [6, 6.07) is 0. The smallest absolute Gasteiger partial charge is 0.216 e. The maximum Gasteiger partial charge on any atom is 0.216 e. The van der Waals surface area contributed by atoms with Crippen LogP contribution in [0.2, 0.25) is 0 Å². The predicted molar refractivity (Wildman–Crippen MR) is 30.5 cm³/mol. The highest BCUT2D eigenvalue weighted by Gasteiger charge is 1.86. The van der Waals surface area contributed by atoms with E-state index in [2.05, 4.69) is 5.32 Å². The van der Waals surface area contributed by atoms with E-state index in [9.17, 15) is 4.79 Å². The van der Waals surface area contributed by atoms with Crippen LogP contribution in [0, 0.1) is 5.41 Å². The Hall–Kier alpha value is -0.795. The second-order valence-corrected chi connectivity index (χ2v) is 1.31. The Morgan fingerprint density at radius 3 is 2.29 bits per heavy atom. The zero-order chi connectivity index (χ0) is 5.86. The summed E-state index contributed by atoms with van der Waals surface area (Å²) in [4.78, 5) is 10.0. The third-order valence-corrected chi connectivity index (χ3v) is 0.364. The molecule has 0 fully saturated rings. The number of rotatable bonds is 0. The number of hydrogen-bond acceptors (Lipinski definition) is 2. The number of nitrogens with one attached hydrogen (secondary N) is 2. The van der Waals surface area contributed by atoms with Crippen molar-refractivity contribution < 1.29 is 4.79 Å². The highest BCUT2D eigenvalue weighted by Crippen LogP contribution is 1.59. The first-order chi connectivity index (χ1) is 3.13. The third-order valence-electron chi connectivity index (χ3n) is 0.364. The van der Waals surface area contributed by atoms with Crippen LogP contribution in [-0.2, 0) is 0 Å². The molecule has 0 rings (SSSR count). The van der Waals surface area contributed by atoms with Crippen LogP contribution in [0.3, 0.4) is 0 Å². The van der Waals surface area contributed by atoms with Gasteiger partial charge in [0.25, 0.3) is 0 Å². The van der Waals surface area contributed by atoms with Crippen molar-refractivity contribution in [3.63, 3.8) is 0 Å². The molecule has 0 atom stereocenters. The minimum absolute atomic E-state index is 0.187. The fourth-order valence-electron chi connectivity index (χ4n) is 0.264. The normalized spacial score (nSPS) is 7.57. The maximum atomic E-state index is 10.0.